The van der Waals surface area contributed by atoms with E-state index in [9.17, 15) is 13.2 Å². The molecule has 2 N–H and O–H groups in total. The monoisotopic (exact) mass is 322 g/mol. The number of sulfone groups is 1. The number of hydrogen-bond donors (Lipinski definition) is 2. The highest BCUT2D eigenvalue weighted by molar-refractivity contribution is 7.92. The van der Waals surface area contributed by atoms with E-state index >= 15 is 0 Å². The summed E-state index contributed by atoms with van der Waals surface area (Å²) in [6, 6.07) is 6.10. The molecule has 0 atom stereocenters. The number of rotatable bonds is 5. The third kappa shape index (κ3) is 3.96. The van der Waals surface area contributed by atoms with E-state index in [2.05, 4.69) is 16.7 Å². The van der Waals surface area contributed by atoms with E-state index < -0.39 is 15.1 Å². The molecule has 0 aliphatic carbocycles. The summed E-state index contributed by atoms with van der Waals surface area (Å²) in [5, 5.41) is 5.61. The lowest BCUT2D eigenvalue weighted by atomic mass is 10.1. The summed E-state index contributed by atoms with van der Waals surface area (Å²) >= 11 is 0. The molecule has 1 aromatic rings. The average molecular weight is 322 g/mol. The van der Waals surface area contributed by atoms with Crippen molar-refractivity contribution in [2.45, 2.75) is 30.4 Å². The molecule has 1 amide bonds. The maximum absolute atomic E-state index is 12.1. The van der Waals surface area contributed by atoms with Crippen molar-refractivity contribution in [3.8, 4) is 0 Å². The average Bonchev–Trinajstić information content (AvgIpc) is 2.53. The van der Waals surface area contributed by atoms with Gasteiger partial charge < -0.3 is 10.6 Å². The van der Waals surface area contributed by atoms with Gasteiger partial charge in [-0.3, -0.25) is 4.79 Å². The molecule has 0 aromatic heterocycles. The van der Waals surface area contributed by atoms with Crippen LogP contribution in [0.15, 0.2) is 40.8 Å². The molecule has 2 rings (SSSR count). The lowest BCUT2D eigenvalue weighted by Gasteiger charge is -2.14. The van der Waals surface area contributed by atoms with Crippen molar-refractivity contribution < 1.29 is 13.2 Å². The topological polar surface area (TPSA) is 75.3 Å². The molecular weight excluding hydrogens is 300 g/mol. The molecule has 0 saturated heterocycles. The van der Waals surface area contributed by atoms with Gasteiger partial charge in [0.1, 0.15) is 0 Å². The van der Waals surface area contributed by atoms with E-state index in [4.69, 9.17) is 0 Å². The fourth-order valence-corrected chi connectivity index (χ4v) is 3.25. The van der Waals surface area contributed by atoms with Gasteiger partial charge in [-0.05, 0) is 51.1 Å². The normalized spacial score (nSPS) is 15.5. The van der Waals surface area contributed by atoms with Crippen LogP contribution in [0.4, 0.5) is 0 Å². The van der Waals surface area contributed by atoms with Crippen LogP contribution in [0.2, 0.25) is 0 Å². The molecule has 1 aliphatic heterocycles. The number of carbonyl (C=O) groups is 1. The molecule has 1 aliphatic rings. The molecule has 22 heavy (non-hydrogen) atoms. The minimum absolute atomic E-state index is 0.187. The van der Waals surface area contributed by atoms with Crippen LogP contribution in [-0.4, -0.2) is 39.2 Å². The Morgan fingerprint density at radius 3 is 2.50 bits per heavy atom. The van der Waals surface area contributed by atoms with Gasteiger partial charge in [0.05, 0.1) is 10.1 Å². The van der Waals surface area contributed by atoms with Crippen LogP contribution in [0.5, 0.6) is 0 Å². The Morgan fingerprint density at radius 1 is 1.27 bits per heavy atom. The SMILES string of the molecule is CC(C)S(=O)(=O)c1ccc(C(=O)NCC2=CCNCC2)cc1. The van der Waals surface area contributed by atoms with E-state index in [0.29, 0.717) is 12.1 Å². The van der Waals surface area contributed by atoms with Gasteiger partial charge in [0, 0.05) is 18.7 Å². The van der Waals surface area contributed by atoms with E-state index in [1.807, 2.05) is 0 Å². The Kier molecular flexibility index (Phi) is 5.37. The van der Waals surface area contributed by atoms with E-state index in [1.54, 1.807) is 26.0 Å². The minimum Gasteiger partial charge on any atom is -0.348 e. The zero-order valence-corrected chi connectivity index (χ0v) is 13.7. The lowest BCUT2D eigenvalue weighted by molar-refractivity contribution is 0.0956. The van der Waals surface area contributed by atoms with Gasteiger partial charge in [-0.1, -0.05) is 11.6 Å². The van der Waals surface area contributed by atoms with Crippen molar-refractivity contribution in [3.63, 3.8) is 0 Å². The van der Waals surface area contributed by atoms with Crippen LogP contribution in [0, 0.1) is 0 Å². The van der Waals surface area contributed by atoms with E-state index in [0.717, 1.165) is 19.5 Å². The van der Waals surface area contributed by atoms with Gasteiger partial charge in [-0.25, -0.2) is 8.42 Å². The minimum atomic E-state index is -3.30. The molecule has 120 valence electrons. The van der Waals surface area contributed by atoms with E-state index in [1.165, 1.54) is 17.7 Å². The van der Waals surface area contributed by atoms with Crippen molar-refractivity contribution in [1.82, 2.24) is 10.6 Å². The summed E-state index contributed by atoms with van der Waals surface area (Å²) in [5.74, 6) is -0.187. The van der Waals surface area contributed by atoms with Gasteiger partial charge in [0.25, 0.3) is 5.91 Å². The fourth-order valence-electron chi connectivity index (χ4n) is 2.19. The third-order valence-corrected chi connectivity index (χ3v) is 5.87. The predicted molar refractivity (Wildman–Crippen MR) is 86.7 cm³/mol. The second-order valence-corrected chi connectivity index (χ2v) is 8.12. The molecule has 0 fully saturated rings. The first kappa shape index (κ1) is 16.7. The lowest BCUT2D eigenvalue weighted by Crippen LogP contribution is -2.29. The first-order valence-corrected chi connectivity index (χ1v) is 8.96. The molecule has 5 nitrogen and oxygen atoms in total. The Balaban J connectivity index is 2.01. The molecule has 0 unspecified atom stereocenters. The Bertz CT molecular complexity index is 661. The summed E-state index contributed by atoms with van der Waals surface area (Å²) in [6.45, 7) is 5.59. The standard InChI is InChI=1S/C16H22N2O3S/c1-12(2)22(20,21)15-5-3-14(4-6-15)16(19)18-11-13-7-9-17-10-8-13/h3-7,12,17H,8-11H2,1-2H3,(H,18,19). The van der Waals surface area contributed by atoms with Gasteiger partial charge in [0.2, 0.25) is 0 Å². The number of hydrogen-bond acceptors (Lipinski definition) is 4. The quantitative estimate of drug-likeness (QED) is 0.806. The highest BCUT2D eigenvalue weighted by atomic mass is 32.2. The van der Waals surface area contributed by atoms with Crippen molar-refractivity contribution in [2.75, 3.05) is 19.6 Å². The largest absolute Gasteiger partial charge is 0.348 e. The molecule has 0 spiro atoms. The maximum atomic E-state index is 12.1. The molecule has 0 radical (unpaired) electrons. The van der Waals surface area contributed by atoms with Gasteiger partial charge in [-0.2, -0.15) is 0 Å². The van der Waals surface area contributed by atoms with Crippen LogP contribution < -0.4 is 10.6 Å². The van der Waals surface area contributed by atoms with Crippen LogP contribution in [0.1, 0.15) is 30.6 Å². The summed E-state index contributed by atoms with van der Waals surface area (Å²) in [7, 11) is -3.30. The van der Waals surface area contributed by atoms with Gasteiger partial charge in [0.15, 0.2) is 9.84 Å². The zero-order valence-electron chi connectivity index (χ0n) is 12.9. The third-order valence-electron chi connectivity index (χ3n) is 3.70. The number of benzene rings is 1. The molecule has 6 heteroatoms. The summed E-state index contributed by atoms with van der Waals surface area (Å²) < 4.78 is 24.1. The van der Waals surface area contributed by atoms with Crippen LogP contribution in [-0.2, 0) is 9.84 Å². The summed E-state index contributed by atoms with van der Waals surface area (Å²) in [4.78, 5) is 12.3. The van der Waals surface area contributed by atoms with Crippen molar-refractivity contribution >= 4 is 15.7 Å². The Hall–Kier alpha value is -1.66. The molecular formula is C16H22N2O3S. The number of nitrogens with one attached hydrogen (secondary N) is 2. The van der Waals surface area contributed by atoms with Crippen LogP contribution >= 0.6 is 0 Å². The fraction of sp³-hybridized carbons (Fsp3) is 0.438. The van der Waals surface area contributed by atoms with Crippen LogP contribution in [0.3, 0.4) is 0 Å². The highest BCUT2D eigenvalue weighted by Gasteiger charge is 2.19. The molecule has 1 heterocycles. The van der Waals surface area contributed by atoms with Crippen LogP contribution in [0.25, 0.3) is 0 Å². The zero-order chi connectivity index (χ0) is 16.2. The second kappa shape index (κ2) is 7.07. The molecule has 0 saturated carbocycles. The van der Waals surface area contributed by atoms with Crippen molar-refractivity contribution in [2.24, 2.45) is 0 Å². The summed E-state index contributed by atoms with van der Waals surface area (Å²) in [5.41, 5.74) is 1.68. The first-order chi connectivity index (χ1) is 10.4. The maximum Gasteiger partial charge on any atom is 0.251 e. The Labute approximate surface area is 131 Å². The van der Waals surface area contributed by atoms with Crippen molar-refractivity contribution in [1.29, 1.82) is 0 Å². The molecule has 0 bridgehead atoms. The Morgan fingerprint density at radius 2 is 1.95 bits per heavy atom. The van der Waals surface area contributed by atoms with Crippen molar-refractivity contribution in [3.05, 3.63) is 41.5 Å². The van der Waals surface area contributed by atoms with Gasteiger partial charge >= 0.3 is 0 Å². The highest BCUT2D eigenvalue weighted by Crippen LogP contribution is 2.16. The van der Waals surface area contributed by atoms with Gasteiger partial charge in [-0.15, -0.1) is 0 Å². The number of amides is 1. The van der Waals surface area contributed by atoms with E-state index in [-0.39, 0.29) is 10.8 Å². The number of carbonyl (C=O) groups excluding carboxylic acids is 1. The predicted octanol–water partition coefficient (Wildman–Crippen LogP) is 1.52. The first-order valence-electron chi connectivity index (χ1n) is 7.42. The summed E-state index contributed by atoms with van der Waals surface area (Å²) in [6.07, 6.45) is 3.02. The molecule has 1 aromatic carbocycles. The smallest absolute Gasteiger partial charge is 0.251 e. The second-order valence-electron chi connectivity index (χ2n) is 5.62.